The fourth-order valence-electron chi connectivity index (χ4n) is 2.43. The minimum Gasteiger partial charge on any atom is -0.384 e. The highest BCUT2D eigenvalue weighted by molar-refractivity contribution is 5.89. The first-order valence-electron chi connectivity index (χ1n) is 8.53. The van der Waals surface area contributed by atoms with E-state index in [0.717, 1.165) is 11.1 Å². The molecule has 2 atom stereocenters. The van der Waals surface area contributed by atoms with Gasteiger partial charge in [-0.3, -0.25) is 9.59 Å². The fraction of sp³-hybridized carbons (Fsp3) is 0.316. The standard InChI is InChI=1S/C19H25N5O2/c1-13(18(25)23-12-15-9-10-22-17(21)11-15)24-19(26)16(20)8-7-14-5-3-2-4-6-14/h2-6,9-11,13,16H,7-8,12,20H2,1H3,(H2,21,22)(H,23,25)(H,24,26)/t13-,16+/m0/s1. The van der Waals surface area contributed by atoms with Crippen molar-refractivity contribution in [2.24, 2.45) is 5.73 Å². The van der Waals surface area contributed by atoms with Crippen molar-refractivity contribution in [2.75, 3.05) is 5.73 Å². The van der Waals surface area contributed by atoms with Crippen molar-refractivity contribution in [1.29, 1.82) is 0 Å². The van der Waals surface area contributed by atoms with Crippen LogP contribution in [0.2, 0.25) is 0 Å². The average Bonchev–Trinajstić information content (AvgIpc) is 2.64. The zero-order valence-corrected chi connectivity index (χ0v) is 14.8. The normalized spacial score (nSPS) is 12.8. The van der Waals surface area contributed by atoms with Crippen LogP contribution in [-0.2, 0) is 22.6 Å². The zero-order valence-electron chi connectivity index (χ0n) is 14.8. The minimum absolute atomic E-state index is 0.288. The Balaban J connectivity index is 1.75. The van der Waals surface area contributed by atoms with E-state index in [0.29, 0.717) is 25.2 Å². The SMILES string of the molecule is C[C@H](NC(=O)[C@H](N)CCc1ccccc1)C(=O)NCc1ccnc(N)c1. The van der Waals surface area contributed by atoms with Crippen LogP contribution in [0.25, 0.3) is 0 Å². The van der Waals surface area contributed by atoms with Crippen LogP contribution in [0.1, 0.15) is 24.5 Å². The Morgan fingerprint density at radius 2 is 1.85 bits per heavy atom. The summed E-state index contributed by atoms with van der Waals surface area (Å²) in [5, 5.41) is 5.40. The topological polar surface area (TPSA) is 123 Å². The van der Waals surface area contributed by atoms with Gasteiger partial charge in [-0.25, -0.2) is 4.98 Å². The minimum atomic E-state index is -0.676. The molecule has 0 fully saturated rings. The van der Waals surface area contributed by atoms with Gasteiger partial charge in [0.2, 0.25) is 11.8 Å². The lowest BCUT2D eigenvalue weighted by Gasteiger charge is -2.17. The van der Waals surface area contributed by atoms with Gasteiger partial charge in [-0.1, -0.05) is 30.3 Å². The van der Waals surface area contributed by atoms with Gasteiger partial charge >= 0.3 is 0 Å². The van der Waals surface area contributed by atoms with Crippen LogP contribution in [0, 0.1) is 0 Å². The number of rotatable bonds is 8. The van der Waals surface area contributed by atoms with Crippen LogP contribution in [0.3, 0.4) is 0 Å². The highest BCUT2D eigenvalue weighted by Crippen LogP contribution is 2.05. The molecular weight excluding hydrogens is 330 g/mol. The lowest BCUT2D eigenvalue weighted by molar-refractivity contribution is -0.129. The highest BCUT2D eigenvalue weighted by Gasteiger charge is 2.19. The van der Waals surface area contributed by atoms with Gasteiger partial charge in [0.25, 0.3) is 0 Å². The summed E-state index contributed by atoms with van der Waals surface area (Å²) in [5.74, 6) is -0.233. The molecule has 138 valence electrons. The summed E-state index contributed by atoms with van der Waals surface area (Å²) in [5.41, 5.74) is 13.5. The first-order chi connectivity index (χ1) is 12.5. The number of aryl methyl sites for hydroxylation is 1. The second-order valence-electron chi connectivity index (χ2n) is 6.17. The van der Waals surface area contributed by atoms with E-state index in [1.54, 1.807) is 25.3 Å². The fourth-order valence-corrected chi connectivity index (χ4v) is 2.43. The Bertz CT molecular complexity index is 736. The van der Waals surface area contributed by atoms with Gasteiger partial charge < -0.3 is 22.1 Å². The third-order valence-electron chi connectivity index (χ3n) is 3.99. The Kier molecular flexibility index (Phi) is 7.11. The number of nitrogen functional groups attached to an aromatic ring is 1. The number of carbonyl (C=O) groups is 2. The molecule has 1 heterocycles. The summed E-state index contributed by atoms with van der Waals surface area (Å²) in [4.78, 5) is 28.2. The molecule has 0 saturated carbocycles. The summed E-state index contributed by atoms with van der Waals surface area (Å²) < 4.78 is 0. The lowest BCUT2D eigenvalue weighted by Crippen LogP contribution is -2.50. The Morgan fingerprint density at radius 1 is 1.12 bits per heavy atom. The maximum absolute atomic E-state index is 12.2. The Hall–Kier alpha value is -2.93. The summed E-state index contributed by atoms with van der Waals surface area (Å²) in [6.07, 6.45) is 2.80. The molecule has 0 aliphatic rings. The summed E-state index contributed by atoms with van der Waals surface area (Å²) in [6, 6.07) is 11.9. The van der Waals surface area contributed by atoms with Crippen molar-refractivity contribution in [2.45, 2.75) is 38.4 Å². The number of anilines is 1. The number of aromatic nitrogens is 1. The van der Waals surface area contributed by atoms with Crippen LogP contribution in [0.5, 0.6) is 0 Å². The molecule has 2 rings (SSSR count). The number of nitrogens with zero attached hydrogens (tertiary/aromatic N) is 1. The smallest absolute Gasteiger partial charge is 0.242 e. The van der Waals surface area contributed by atoms with Gasteiger partial charge in [0.1, 0.15) is 11.9 Å². The largest absolute Gasteiger partial charge is 0.384 e. The molecule has 26 heavy (non-hydrogen) atoms. The molecule has 2 aromatic rings. The quantitative estimate of drug-likeness (QED) is 0.556. The molecule has 7 nitrogen and oxygen atoms in total. The highest BCUT2D eigenvalue weighted by atomic mass is 16.2. The van der Waals surface area contributed by atoms with E-state index in [9.17, 15) is 9.59 Å². The third-order valence-corrected chi connectivity index (χ3v) is 3.99. The van der Waals surface area contributed by atoms with Gasteiger partial charge in [0, 0.05) is 12.7 Å². The third kappa shape index (κ3) is 6.18. The van der Waals surface area contributed by atoms with Gasteiger partial charge in [-0.2, -0.15) is 0 Å². The maximum atomic E-state index is 12.2. The average molecular weight is 355 g/mol. The van der Waals surface area contributed by atoms with Crippen molar-refractivity contribution in [1.82, 2.24) is 15.6 Å². The first-order valence-corrected chi connectivity index (χ1v) is 8.53. The molecule has 6 N–H and O–H groups in total. The van der Waals surface area contributed by atoms with E-state index in [4.69, 9.17) is 11.5 Å². The predicted octanol–water partition coefficient (Wildman–Crippen LogP) is 0.745. The second kappa shape index (κ2) is 9.53. The van der Waals surface area contributed by atoms with Gasteiger partial charge in [0.05, 0.1) is 6.04 Å². The molecule has 0 radical (unpaired) electrons. The first kappa shape index (κ1) is 19.4. The van der Waals surface area contributed by atoms with Gasteiger partial charge in [0.15, 0.2) is 0 Å². The number of hydrogen-bond acceptors (Lipinski definition) is 5. The number of benzene rings is 1. The molecule has 7 heteroatoms. The maximum Gasteiger partial charge on any atom is 0.242 e. The van der Waals surface area contributed by atoms with Crippen LogP contribution in [0.4, 0.5) is 5.82 Å². The molecular formula is C19H25N5O2. The molecule has 0 saturated heterocycles. The van der Waals surface area contributed by atoms with Crippen molar-refractivity contribution in [3.8, 4) is 0 Å². The molecule has 0 spiro atoms. The Morgan fingerprint density at radius 3 is 2.54 bits per heavy atom. The molecule has 0 bridgehead atoms. The van der Waals surface area contributed by atoms with Crippen LogP contribution >= 0.6 is 0 Å². The lowest BCUT2D eigenvalue weighted by atomic mass is 10.1. The number of nitrogens with one attached hydrogen (secondary N) is 2. The molecule has 2 amide bonds. The monoisotopic (exact) mass is 355 g/mol. The molecule has 1 aromatic heterocycles. The molecule has 0 unspecified atom stereocenters. The van der Waals surface area contributed by atoms with Crippen LogP contribution < -0.4 is 22.1 Å². The van der Waals surface area contributed by atoms with E-state index in [-0.39, 0.29) is 11.8 Å². The number of pyridine rings is 1. The van der Waals surface area contributed by atoms with Crippen molar-refractivity contribution in [3.63, 3.8) is 0 Å². The Labute approximate surface area is 153 Å². The molecule has 1 aromatic carbocycles. The molecule has 0 aliphatic heterocycles. The zero-order chi connectivity index (χ0) is 18.9. The van der Waals surface area contributed by atoms with Crippen molar-refractivity contribution >= 4 is 17.6 Å². The van der Waals surface area contributed by atoms with E-state index in [1.807, 2.05) is 30.3 Å². The van der Waals surface area contributed by atoms with E-state index in [2.05, 4.69) is 15.6 Å². The number of nitrogens with two attached hydrogens (primary N) is 2. The summed E-state index contributed by atoms with van der Waals surface area (Å²) in [7, 11) is 0. The second-order valence-corrected chi connectivity index (χ2v) is 6.17. The van der Waals surface area contributed by atoms with Crippen molar-refractivity contribution < 1.29 is 9.59 Å². The van der Waals surface area contributed by atoms with E-state index < -0.39 is 12.1 Å². The summed E-state index contributed by atoms with van der Waals surface area (Å²) >= 11 is 0. The van der Waals surface area contributed by atoms with Crippen LogP contribution in [-0.4, -0.2) is 28.9 Å². The number of amides is 2. The van der Waals surface area contributed by atoms with E-state index in [1.165, 1.54) is 0 Å². The molecule has 0 aliphatic carbocycles. The summed E-state index contributed by atoms with van der Waals surface area (Å²) in [6.45, 7) is 1.93. The van der Waals surface area contributed by atoms with Crippen LogP contribution in [0.15, 0.2) is 48.7 Å². The van der Waals surface area contributed by atoms with Gasteiger partial charge in [-0.15, -0.1) is 0 Å². The van der Waals surface area contributed by atoms with E-state index >= 15 is 0 Å². The van der Waals surface area contributed by atoms with Gasteiger partial charge in [-0.05, 0) is 43.0 Å². The predicted molar refractivity (Wildman–Crippen MR) is 101 cm³/mol. The number of carbonyl (C=O) groups excluding carboxylic acids is 2. The number of hydrogen-bond donors (Lipinski definition) is 4. The van der Waals surface area contributed by atoms with Crippen molar-refractivity contribution in [3.05, 3.63) is 59.8 Å².